The van der Waals surface area contributed by atoms with Crippen LogP contribution in [0.25, 0.3) is 0 Å². The first-order chi connectivity index (χ1) is 11.7. The van der Waals surface area contributed by atoms with Crippen LogP contribution in [0, 0.1) is 0 Å². The number of amides is 1. The van der Waals surface area contributed by atoms with Crippen molar-refractivity contribution in [1.29, 1.82) is 0 Å². The van der Waals surface area contributed by atoms with Crippen LogP contribution < -0.4 is 10.6 Å². The van der Waals surface area contributed by atoms with Crippen LogP contribution in [0.5, 0.6) is 0 Å². The number of anilines is 1. The summed E-state index contributed by atoms with van der Waals surface area (Å²) in [5, 5.41) is 6.46. The number of hydrogen-bond acceptors (Lipinski definition) is 4. The molecule has 1 aromatic carbocycles. The Bertz CT molecular complexity index is 702. The number of rotatable bonds is 5. The quantitative estimate of drug-likeness (QED) is 0.852. The first-order valence-electron chi connectivity index (χ1n) is 8.48. The predicted octanol–water partition coefficient (Wildman–Crippen LogP) is 1.99. The number of para-hydroxylation sites is 1. The zero-order valence-corrected chi connectivity index (χ0v) is 15.6. The van der Waals surface area contributed by atoms with Crippen molar-refractivity contribution in [3.63, 3.8) is 0 Å². The van der Waals surface area contributed by atoms with Crippen molar-refractivity contribution in [2.75, 3.05) is 31.5 Å². The number of hydrogen-bond donors (Lipinski definition) is 2. The van der Waals surface area contributed by atoms with Crippen molar-refractivity contribution in [1.82, 2.24) is 19.8 Å². The maximum atomic E-state index is 12.5. The lowest BCUT2D eigenvalue weighted by molar-refractivity contribution is -0.118. The number of carbonyl (C=O) groups excluding carboxylic acids is 1. The van der Waals surface area contributed by atoms with Crippen molar-refractivity contribution in [2.24, 2.45) is 7.05 Å². The highest BCUT2D eigenvalue weighted by molar-refractivity contribution is 5.93. The van der Waals surface area contributed by atoms with Crippen LogP contribution in [0.4, 0.5) is 5.69 Å². The summed E-state index contributed by atoms with van der Waals surface area (Å²) in [6.45, 7) is 5.00. The summed E-state index contributed by atoms with van der Waals surface area (Å²) in [4.78, 5) is 19.2. The van der Waals surface area contributed by atoms with E-state index in [9.17, 15) is 4.79 Å². The van der Waals surface area contributed by atoms with Crippen LogP contribution in [0.3, 0.4) is 0 Å². The van der Waals surface area contributed by atoms with Crippen molar-refractivity contribution in [2.45, 2.75) is 19.4 Å². The van der Waals surface area contributed by atoms with E-state index in [0.29, 0.717) is 6.54 Å². The van der Waals surface area contributed by atoms with Crippen molar-refractivity contribution in [3.8, 4) is 0 Å². The summed E-state index contributed by atoms with van der Waals surface area (Å²) in [6.07, 6.45) is 4.65. The van der Waals surface area contributed by atoms with E-state index in [2.05, 4.69) is 33.5 Å². The maximum Gasteiger partial charge on any atom is 0.238 e. The Morgan fingerprint density at radius 3 is 2.92 bits per heavy atom. The minimum Gasteiger partial charge on any atom is -0.337 e. The molecule has 3 rings (SSSR count). The Morgan fingerprint density at radius 1 is 1.40 bits per heavy atom. The number of aromatic nitrogens is 2. The first-order valence-corrected chi connectivity index (χ1v) is 8.48. The zero-order valence-electron chi connectivity index (χ0n) is 14.7. The number of nitrogens with one attached hydrogen (secondary N) is 2. The lowest BCUT2D eigenvalue weighted by Gasteiger charge is -2.35. The highest BCUT2D eigenvalue weighted by atomic mass is 35.5. The second-order valence-corrected chi connectivity index (χ2v) is 6.15. The molecule has 1 aliphatic heterocycles. The second kappa shape index (κ2) is 8.99. The standard InChI is InChI=1S/C18H25N5O.ClH/c1-3-14-6-4-5-7-15(14)21-17(24)13-23-11-8-19-12-16(23)18-20-9-10-22(18)2;/h4-7,9-10,16,19H,3,8,11-13H2,1-2H3,(H,21,24);1H. The summed E-state index contributed by atoms with van der Waals surface area (Å²) in [5.41, 5.74) is 2.07. The number of aryl methyl sites for hydroxylation is 2. The summed E-state index contributed by atoms with van der Waals surface area (Å²) in [5.74, 6) is 1.01. The van der Waals surface area contributed by atoms with Gasteiger partial charge in [-0.3, -0.25) is 9.69 Å². The second-order valence-electron chi connectivity index (χ2n) is 6.15. The van der Waals surface area contributed by atoms with E-state index in [4.69, 9.17) is 0 Å². The molecule has 25 heavy (non-hydrogen) atoms. The van der Waals surface area contributed by atoms with Gasteiger partial charge in [-0.25, -0.2) is 4.98 Å². The molecule has 1 atom stereocenters. The van der Waals surface area contributed by atoms with E-state index in [1.54, 1.807) is 6.20 Å². The minimum absolute atomic E-state index is 0. The predicted molar refractivity (Wildman–Crippen MR) is 102 cm³/mol. The summed E-state index contributed by atoms with van der Waals surface area (Å²) >= 11 is 0. The number of carbonyl (C=O) groups is 1. The molecular formula is C18H26ClN5O. The fourth-order valence-electron chi connectivity index (χ4n) is 3.21. The third-order valence-electron chi connectivity index (χ3n) is 4.53. The molecule has 0 aliphatic carbocycles. The molecule has 1 aromatic heterocycles. The van der Waals surface area contributed by atoms with E-state index in [-0.39, 0.29) is 24.4 Å². The molecule has 1 saturated heterocycles. The van der Waals surface area contributed by atoms with Gasteiger partial charge in [-0.15, -0.1) is 12.4 Å². The largest absolute Gasteiger partial charge is 0.337 e. The van der Waals surface area contributed by atoms with Gasteiger partial charge in [0.2, 0.25) is 5.91 Å². The van der Waals surface area contributed by atoms with E-state index in [0.717, 1.165) is 43.1 Å². The molecule has 6 nitrogen and oxygen atoms in total. The Balaban J connectivity index is 0.00000225. The van der Waals surface area contributed by atoms with Gasteiger partial charge in [0.1, 0.15) is 5.82 Å². The summed E-state index contributed by atoms with van der Waals surface area (Å²) in [7, 11) is 1.99. The van der Waals surface area contributed by atoms with Crippen molar-refractivity contribution in [3.05, 3.63) is 48.0 Å². The molecule has 2 aromatic rings. The van der Waals surface area contributed by atoms with Gasteiger partial charge < -0.3 is 15.2 Å². The highest BCUT2D eigenvalue weighted by Gasteiger charge is 2.28. The van der Waals surface area contributed by atoms with E-state index in [1.807, 2.05) is 36.0 Å². The fourth-order valence-corrected chi connectivity index (χ4v) is 3.21. The minimum atomic E-state index is 0. The van der Waals surface area contributed by atoms with Crippen LogP contribution in [0.2, 0.25) is 0 Å². The molecule has 0 spiro atoms. The van der Waals surface area contributed by atoms with Crippen LogP contribution in [-0.4, -0.2) is 46.5 Å². The molecule has 1 unspecified atom stereocenters. The lowest BCUT2D eigenvalue weighted by atomic mass is 10.1. The van der Waals surface area contributed by atoms with Gasteiger partial charge in [-0.2, -0.15) is 0 Å². The maximum absolute atomic E-state index is 12.5. The number of halogens is 1. The smallest absolute Gasteiger partial charge is 0.238 e. The Hall–Kier alpha value is -1.89. The van der Waals surface area contributed by atoms with Crippen LogP contribution >= 0.6 is 12.4 Å². The summed E-state index contributed by atoms with van der Waals surface area (Å²) < 4.78 is 2.02. The third kappa shape index (κ3) is 4.60. The molecular weight excluding hydrogens is 338 g/mol. The van der Waals surface area contributed by atoms with Gasteiger partial charge in [-0.05, 0) is 18.1 Å². The summed E-state index contributed by atoms with van der Waals surface area (Å²) in [6, 6.07) is 8.09. The third-order valence-corrected chi connectivity index (χ3v) is 4.53. The van der Waals surface area contributed by atoms with Crippen LogP contribution in [0.1, 0.15) is 24.4 Å². The van der Waals surface area contributed by atoms with Crippen molar-refractivity contribution < 1.29 is 4.79 Å². The highest BCUT2D eigenvalue weighted by Crippen LogP contribution is 2.21. The van der Waals surface area contributed by atoms with Gasteiger partial charge in [0, 0.05) is 44.8 Å². The van der Waals surface area contributed by atoms with Gasteiger partial charge in [0.15, 0.2) is 0 Å². The van der Waals surface area contributed by atoms with Gasteiger partial charge in [0.25, 0.3) is 0 Å². The van der Waals surface area contributed by atoms with Gasteiger partial charge in [-0.1, -0.05) is 25.1 Å². The Morgan fingerprint density at radius 2 is 2.20 bits per heavy atom. The SMILES string of the molecule is CCc1ccccc1NC(=O)CN1CCNCC1c1nccn1C.Cl. The average Bonchev–Trinajstić information content (AvgIpc) is 3.01. The number of imidazole rings is 1. The number of nitrogens with zero attached hydrogens (tertiary/aromatic N) is 3. The van der Waals surface area contributed by atoms with Crippen molar-refractivity contribution >= 4 is 24.0 Å². The fraction of sp³-hybridized carbons (Fsp3) is 0.444. The molecule has 1 amide bonds. The van der Waals surface area contributed by atoms with Gasteiger partial charge in [0.05, 0.1) is 12.6 Å². The molecule has 1 aliphatic rings. The van der Waals surface area contributed by atoms with Crippen LogP contribution in [-0.2, 0) is 18.3 Å². The molecule has 2 N–H and O–H groups in total. The Kier molecular flexibility index (Phi) is 6.99. The average molecular weight is 364 g/mol. The Labute approximate surface area is 155 Å². The monoisotopic (exact) mass is 363 g/mol. The molecule has 1 fully saturated rings. The van der Waals surface area contributed by atoms with Gasteiger partial charge >= 0.3 is 0 Å². The van der Waals surface area contributed by atoms with Crippen LogP contribution in [0.15, 0.2) is 36.7 Å². The first kappa shape index (κ1) is 19.4. The topological polar surface area (TPSA) is 62.2 Å². The molecule has 0 radical (unpaired) electrons. The van der Waals surface area contributed by atoms with E-state index < -0.39 is 0 Å². The molecule has 0 saturated carbocycles. The molecule has 136 valence electrons. The lowest BCUT2D eigenvalue weighted by Crippen LogP contribution is -2.49. The molecule has 0 bridgehead atoms. The normalized spacial score (nSPS) is 17.8. The number of piperazine rings is 1. The zero-order chi connectivity index (χ0) is 16.9. The number of benzene rings is 1. The van der Waals surface area contributed by atoms with E-state index >= 15 is 0 Å². The molecule has 7 heteroatoms. The molecule has 2 heterocycles. The van der Waals surface area contributed by atoms with E-state index in [1.165, 1.54) is 0 Å².